The first-order chi connectivity index (χ1) is 16.0. The van der Waals surface area contributed by atoms with E-state index in [-0.39, 0.29) is 0 Å². The van der Waals surface area contributed by atoms with Gasteiger partial charge in [0.2, 0.25) is 0 Å². The van der Waals surface area contributed by atoms with Crippen LogP contribution in [0.15, 0.2) is 84.9 Å². The van der Waals surface area contributed by atoms with Gasteiger partial charge in [-0.15, -0.1) is 0 Å². The number of hydrogen-bond donors (Lipinski definition) is 0. The summed E-state index contributed by atoms with van der Waals surface area (Å²) in [5.74, 6) is 0. The zero-order chi connectivity index (χ0) is 23.4. The molecule has 168 valence electrons. The minimum Gasteiger partial charge on any atom is -0.384 e. The summed E-state index contributed by atoms with van der Waals surface area (Å²) in [4.78, 5) is 2.34. The molecule has 0 bridgehead atoms. The lowest BCUT2D eigenvalue weighted by Gasteiger charge is -2.27. The number of ether oxygens (including phenoxy) is 1. The van der Waals surface area contributed by atoms with Gasteiger partial charge in [-0.25, -0.2) is 0 Å². The highest BCUT2D eigenvalue weighted by Crippen LogP contribution is 2.37. The molecule has 4 rings (SSSR count). The fraction of sp³-hybridized carbons (Fsp3) is 0.226. The van der Waals surface area contributed by atoms with Crippen LogP contribution in [-0.2, 0) is 11.2 Å². The monoisotopic (exact) mass is 435 g/mol. The van der Waals surface area contributed by atoms with E-state index < -0.39 is 0 Å². The van der Waals surface area contributed by atoms with Gasteiger partial charge >= 0.3 is 0 Å². The zero-order valence-electron chi connectivity index (χ0n) is 20.4. The summed E-state index contributed by atoms with van der Waals surface area (Å²) in [7, 11) is 1.75. The van der Waals surface area contributed by atoms with Gasteiger partial charge in [0, 0.05) is 24.2 Å². The largest absolute Gasteiger partial charge is 0.384 e. The van der Waals surface area contributed by atoms with Crippen molar-refractivity contribution in [1.82, 2.24) is 0 Å². The minimum atomic E-state index is 0.739. The maximum Gasteiger partial charge on any atom is 0.0502 e. The van der Waals surface area contributed by atoms with Crippen molar-refractivity contribution in [1.29, 1.82) is 0 Å². The van der Waals surface area contributed by atoms with Crippen molar-refractivity contribution < 1.29 is 4.74 Å². The summed E-state index contributed by atoms with van der Waals surface area (Å²) in [5, 5.41) is 0. The molecule has 0 fully saturated rings. The summed E-state index contributed by atoms with van der Waals surface area (Å²) in [6.45, 7) is 9.42. The van der Waals surface area contributed by atoms with Gasteiger partial charge in [-0.05, 0) is 109 Å². The first-order valence-electron chi connectivity index (χ1n) is 11.6. The Bertz CT molecular complexity index is 1190. The SMILES string of the molecule is COCCc1cccc(-c2ccc(N(c3ccc(C)c(C)c3)c3ccc(C)c(C)c3)cc2)c1. The van der Waals surface area contributed by atoms with E-state index in [1.54, 1.807) is 7.11 Å². The highest BCUT2D eigenvalue weighted by molar-refractivity contribution is 5.79. The molecule has 0 aromatic heterocycles. The third-order valence-electron chi connectivity index (χ3n) is 6.48. The van der Waals surface area contributed by atoms with Gasteiger partial charge in [0.05, 0.1) is 6.61 Å². The summed E-state index contributed by atoms with van der Waals surface area (Å²) in [6, 6.07) is 31.0. The number of methoxy groups -OCH3 is 1. The maximum absolute atomic E-state index is 5.24. The van der Waals surface area contributed by atoms with Crippen LogP contribution in [0.5, 0.6) is 0 Å². The van der Waals surface area contributed by atoms with Crippen LogP contribution in [0.3, 0.4) is 0 Å². The molecule has 2 nitrogen and oxygen atoms in total. The van der Waals surface area contributed by atoms with E-state index in [9.17, 15) is 0 Å². The number of hydrogen-bond acceptors (Lipinski definition) is 2. The second kappa shape index (κ2) is 10.1. The van der Waals surface area contributed by atoms with Crippen LogP contribution in [0.1, 0.15) is 27.8 Å². The highest BCUT2D eigenvalue weighted by atomic mass is 16.5. The Morgan fingerprint density at radius 1 is 0.576 bits per heavy atom. The normalized spacial score (nSPS) is 10.9. The Morgan fingerprint density at radius 2 is 1.15 bits per heavy atom. The summed E-state index contributed by atoms with van der Waals surface area (Å²) in [6.07, 6.45) is 0.926. The molecule has 0 N–H and O–H groups in total. The molecule has 0 saturated heterocycles. The van der Waals surface area contributed by atoms with Gasteiger partial charge in [0.1, 0.15) is 0 Å². The molecule has 0 heterocycles. The molecule has 0 radical (unpaired) electrons. The highest BCUT2D eigenvalue weighted by Gasteiger charge is 2.14. The fourth-order valence-corrected chi connectivity index (χ4v) is 4.11. The Kier molecular flexibility index (Phi) is 6.96. The average molecular weight is 436 g/mol. The molecule has 4 aromatic rings. The molecular formula is C31H33NO. The van der Waals surface area contributed by atoms with Gasteiger partial charge in [0.15, 0.2) is 0 Å². The third-order valence-corrected chi connectivity index (χ3v) is 6.48. The van der Waals surface area contributed by atoms with Gasteiger partial charge in [0.25, 0.3) is 0 Å². The average Bonchev–Trinajstić information content (AvgIpc) is 2.83. The number of benzene rings is 4. The number of anilines is 3. The van der Waals surface area contributed by atoms with Crippen molar-refractivity contribution in [3.05, 3.63) is 113 Å². The third kappa shape index (κ3) is 5.18. The topological polar surface area (TPSA) is 12.5 Å². The second-order valence-electron chi connectivity index (χ2n) is 8.86. The van der Waals surface area contributed by atoms with Crippen molar-refractivity contribution in [2.24, 2.45) is 0 Å². The molecule has 2 heteroatoms. The zero-order valence-corrected chi connectivity index (χ0v) is 20.4. The molecule has 0 atom stereocenters. The van der Waals surface area contributed by atoms with Gasteiger partial charge in [-0.3, -0.25) is 0 Å². The molecular weight excluding hydrogens is 402 g/mol. The number of rotatable bonds is 7. The lowest BCUT2D eigenvalue weighted by atomic mass is 10.0. The van der Waals surface area contributed by atoms with Crippen LogP contribution in [0.4, 0.5) is 17.1 Å². The molecule has 0 saturated carbocycles. The summed E-state index contributed by atoms with van der Waals surface area (Å²) in [5.41, 5.74) is 12.5. The predicted molar refractivity (Wildman–Crippen MR) is 141 cm³/mol. The molecule has 0 spiro atoms. The van der Waals surface area contributed by atoms with E-state index >= 15 is 0 Å². The lowest BCUT2D eigenvalue weighted by molar-refractivity contribution is 0.202. The Hall–Kier alpha value is -3.36. The van der Waals surface area contributed by atoms with Crippen LogP contribution in [0.25, 0.3) is 11.1 Å². The molecule has 0 aliphatic heterocycles. The molecule has 33 heavy (non-hydrogen) atoms. The van der Waals surface area contributed by atoms with Crippen LogP contribution in [0, 0.1) is 27.7 Å². The van der Waals surface area contributed by atoms with Gasteiger partial charge in [-0.1, -0.05) is 48.5 Å². The van der Waals surface area contributed by atoms with E-state index in [0.717, 1.165) is 18.7 Å². The Morgan fingerprint density at radius 3 is 1.70 bits per heavy atom. The van der Waals surface area contributed by atoms with Crippen molar-refractivity contribution in [2.45, 2.75) is 34.1 Å². The maximum atomic E-state index is 5.24. The molecule has 0 aliphatic carbocycles. The van der Waals surface area contributed by atoms with Crippen molar-refractivity contribution in [3.63, 3.8) is 0 Å². The smallest absolute Gasteiger partial charge is 0.0502 e. The second-order valence-corrected chi connectivity index (χ2v) is 8.86. The fourth-order valence-electron chi connectivity index (χ4n) is 4.11. The van der Waals surface area contributed by atoms with E-state index in [0.29, 0.717) is 0 Å². The van der Waals surface area contributed by atoms with Crippen LogP contribution < -0.4 is 4.90 Å². The first kappa shape index (κ1) is 22.8. The van der Waals surface area contributed by atoms with Gasteiger partial charge in [-0.2, -0.15) is 0 Å². The quantitative estimate of drug-likeness (QED) is 0.290. The number of aryl methyl sites for hydroxylation is 4. The molecule has 0 amide bonds. The minimum absolute atomic E-state index is 0.739. The van der Waals surface area contributed by atoms with Crippen LogP contribution in [0.2, 0.25) is 0 Å². The Labute approximate surface area is 198 Å². The van der Waals surface area contributed by atoms with E-state index in [2.05, 4.69) is 118 Å². The standard InChI is InChI=1S/C31H33NO/c1-22-9-13-30(19-24(22)3)32(31-14-10-23(2)25(4)20-31)29-15-11-27(12-16-29)28-8-6-7-26(21-28)17-18-33-5/h6-16,19-21H,17-18H2,1-5H3. The van der Waals surface area contributed by atoms with Crippen molar-refractivity contribution >= 4 is 17.1 Å². The van der Waals surface area contributed by atoms with Gasteiger partial charge < -0.3 is 9.64 Å². The summed E-state index contributed by atoms with van der Waals surface area (Å²) < 4.78 is 5.24. The first-order valence-corrected chi connectivity index (χ1v) is 11.6. The summed E-state index contributed by atoms with van der Waals surface area (Å²) >= 11 is 0. The molecule has 0 unspecified atom stereocenters. The lowest BCUT2D eigenvalue weighted by Crippen LogP contribution is -2.10. The predicted octanol–water partition coefficient (Wildman–Crippen LogP) is 8.25. The Balaban J connectivity index is 1.73. The molecule has 0 aliphatic rings. The van der Waals surface area contributed by atoms with E-state index in [1.807, 2.05) is 0 Å². The van der Waals surface area contributed by atoms with Crippen LogP contribution >= 0.6 is 0 Å². The van der Waals surface area contributed by atoms with Crippen molar-refractivity contribution in [3.8, 4) is 11.1 Å². The van der Waals surface area contributed by atoms with E-state index in [4.69, 9.17) is 4.74 Å². The number of nitrogens with zero attached hydrogens (tertiary/aromatic N) is 1. The molecule has 4 aromatic carbocycles. The van der Waals surface area contributed by atoms with E-state index in [1.165, 1.54) is 50.3 Å². The van der Waals surface area contributed by atoms with Crippen molar-refractivity contribution in [2.75, 3.05) is 18.6 Å². The van der Waals surface area contributed by atoms with Crippen LogP contribution in [-0.4, -0.2) is 13.7 Å².